The van der Waals surface area contributed by atoms with Crippen molar-refractivity contribution in [2.24, 2.45) is 0 Å². The molecule has 2 aromatic rings. The Morgan fingerprint density at radius 2 is 2.14 bits per heavy atom. The van der Waals surface area contributed by atoms with Gasteiger partial charge in [0, 0.05) is 18.0 Å². The zero-order valence-corrected chi connectivity index (χ0v) is 12.7. The first-order valence-corrected chi connectivity index (χ1v) is 7.47. The maximum atomic E-state index is 13.6. The maximum Gasteiger partial charge on any atom is 0.387 e. The Hall–Kier alpha value is -1.57. The van der Waals surface area contributed by atoms with Crippen molar-refractivity contribution >= 4 is 11.3 Å². The van der Waals surface area contributed by atoms with E-state index in [0.717, 1.165) is 17.0 Å². The van der Waals surface area contributed by atoms with Gasteiger partial charge >= 0.3 is 6.61 Å². The van der Waals surface area contributed by atoms with Gasteiger partial charge in [0.25, 0.3) is 0 Å². The van der Waals surface area contributed by atoms with Crippen molar-refractivity contribution in [3.63, 3.8) is 0 Å². The van der Waals surface area contributed by atoms with E-state index in [1.165, 1.54) is 17.4 Å². The van der Waals surface area contributed by atoms with E-state index in [2.05, 4.69) is 10.1 Å². The minimum absolute atomic E-state index is 0.282. The fraction of sp³-hybridized carbons (Fsp3) is 0.333. The molecule has 1 heterocycles. The molecule has 1 aromatic heterocycles. The Balaban J connectivity index is 1.91. The summed E-state index contributed by atoms with van der Waals surface area (Å²) in [6.07, 6.45) is 0. The monoisotopic (exact) mass is 331 g/mol. The Labute approximate surface area is 130 Å². The van der Waals surface area contributed by atoms with Crippen molar-refractivity contribution in [2.75, 3.05) is 6.54 Å². The van der Waals surface area contributed by atoms with Gasteiger partial charge in [-0.15, -0.1) is 11.3 Å². The number of thiophene rings is 1. The fourth-order valence-corrected chi connectivity index (χ4v) is 2.76. The number of nitrogens with one attached hydrogen (secondary N) is 1. The first-order chi connectivity index (χ1) is 10.4. The molecular formula is C15H16F3NO2S. The number of halogens is 3. The minimum atomic E-state index is -3.06. The molecule has 1 atom stereocenters. The van der Waals surface area contributed by atoms with Gasteiger partial charge in [0.15, 0.2) is 11.6 Å². The average Bonchev–Trinajstić information content (AvgIpc) is 2.96. The zero-order valence-electron chi connectivity index (χ0n) is 11.9. The number of aliphatic hydroxyl groups is 1. The second-order valence-corrected chi connectivity index (χ2v) is 5.95. The van der Waals surface area contributed by atoms with E-state index >= 15 is 0 Å². The molecule has 0 aliphatic heterocycles. The SMILES string of the molecule is CC(O)(CNCc1ccc(OC(F)F)c(F)c1)c1cccs1. The topological polar surface area (TPSA) is 41.5 Å². The molecule has 0 saturated heterocycles. The zero-order chi connectivity index (χ0) is 16.2. The molecule has 1 unspecified atom stereocenters. The number of benzene rings is 1. The first kappa shape index (κ1) is 16.8. The van der Waals surface area contributed by atoms with Crippen LogP contribution in [0.1, 0.15) is 17.4 Å². The molecular weight excluding hydrogens is 315 g/mol. The van der Waals surface area contributed by atoms with Crippen molar-refractivity contribution in [1.82, 2.24) is 5.32 Å². The number of hydrogen-bond donors (Lipinski definition) is 2. The number of alkyl halides is 2. The lowest BCUT2D eigenvalue weighted by molar-refractivity contribution is -0.0522. The third-order valence-electron chi connectivity index (χ3n) is 3.06. The standard InChI is InChI=1S/C15H16F3NO2S/c1-15(20,13-3-2-6-22-13)9-19-8-10-4-5-12(11(16)7-10)21-14(17)18/h2-7,14,19-20H,8-9H2,1H3. The molecule has 0 spiro atoms. The first-order valence-electron chi connectivity index (χ1n) is 6.59. The van der Waals surface area contributed by atoms with Crippen LogP contribution in [0.5, 0.6) is 5.75 Å². The summed E-state index contributed by atoms with van der Waals surface area (Å²) < 4.78 is 41.7. The predicted molar refractivity (Wildman–Crippen MR) is 78.6 cm³/mol. The summed E-state index contributed by atoms with van der Waals surface area (Å²) in [5, 5.41) is 15.2. The summed E-state index contributed by atoms with van der Waals surface area (Å²) in [5.41, 5.74) is -0.452. The van der Waals surface area contributed by atoms with Gasteiger partial charge in [-0.2, -0.15) is 8.78 Å². The highest BCUT2D eigenvalue weighted by molar-refractivity contribution is 7.10. The lowest BCUT2D eigenvalue weighted by Crippen LogP contribution is -2.34. The van der Waals surface area contributed by atoms with Crippen molar-refractivity contribution in [3.8, 4) is 5.75 Å². The maximum absolute atomic E-state index is 13.6. The largest absolute Gasteiger partial charge is 0.432 e. The minimum Gasteiger partial charge on any atom is -0.432 e. The molecule has 0 saturated carbocycles. The van der Waals surface area contributed by atoms with Crippen LogP contribution < -0.4 is 10.1 Å². The highest BCUT2D eigenvalue weighted by Crippen LogP contribution is 2.25. The van der Waals surface area contributed by atoms with Gasteiger partial charge in [-0.25, -0.2) is 4.39 Å². The normalized spacial score (nSPS) is 14.1. The van der Waals surface area contributed by atoms with Crippen LogP contribution in [0, 0.1) is 5.82 Å². The molecule has 120 valence electrons. The van der Waals surface area contributed by atoms with Gasteiger partial charge in [0.2, 0.25) is 0 Å². The van der Waals surface area contributed by atoms with E-state index in [-0.39, 0.29) is 6.54 Å². The lowest BCUT2D eigenvalue weighted by Gasteiger charge is -2.22. The van der Waals surface area contributed by atoms with Crippen molar-refractivity contribution in [1.29, 1.82) is 0 Å². The smallest absolute Gasteiger partial charge is 0.387 e. The van der Waals surface area contributed by atoms with Gasteiger partial charge in [-0.1, -0.05) is 12.1 Å². The van der Waals surface area contributed by atoms with Crippen LogP contribution in [0.3, 0.4) is 0 Å². The van der Waals surface area contributed by atoms with Crippen LogP contribution in [0.15, 0.2) is 35.7 Å². The van der Waals surface area contributed by atoms with Crippen molar-refractivity contribution < 1.29 is 23.0 Å². The summed E-state index contributed by atoms with van der Waals surface area (Å²) in [7, 11) is 0. The number of rotatable bonds is 7. The van der Waals surface area contributed by atoms with Gasteiger partial charge in [-0.05, 0) is 36.1 Å². The highest BCUT2D eigenvalue weighted by atomic mass is 32.1. The molecule has 0 fully saturated rings. The molecule has 22 heavy (non-hydrogen) atoms. The van der Waals surface area contributed by atoms with Crippen LogP contribution >= 0.6 is 11.3 Å². The van der Waals surface area contributed by atoms with E-state index in [4.69, 9.17) is 0 Å². The van der Waals surface area contributed by atoms with Gasteiger partial charge < -0.3 is 15.2 Å². The lowest BCUT2D eigenvalue weighted by atomic mass is 10.1. The predicted octanol–water partition coefficient (Wildman–Crippen LogP) is 3.49. The van der Waals surface area contributed by atoms with E-state index in [1.54, 1.807) is 6.92 Å². The van der Waals surface area contributed by atoms with Crippen LogP contribution in [-0.2, 0) is 12.1 Å². The van der Waals surface area contributed by atoms with E-state index < -0.39 is 23.8 Å². The van der Waals surface area contributed by atoms with Crippen LogP contribution in [-0.4, -0.2) is 18.3 Å². The molecule has 2 N–H and O–H groups in total. The van der Waals surface area contributed by atoms with Crippen LogP contribution in [0.4, 0.5) is 13.2 Å². The highest BCUT2D eigenvalue weighted by Gasteiger charge is 2.23. The number of ether oxygens (including phenoxy) is 1. The Morgan fingerprint density at radius 1 is 1.36 bits per heavy atom. The summed E-state index contributed by atoms with van der Waals surface area (Å²) in [6, 6.07) is 7.47. The Bertz CT molecular complexity index is 603. The molecule has 2 rings (SSSR count). The quantitative estimate of drug-likeness (QED) is 0.816. The van der Waals surface area contributed by atoms with Crippen molar-refractivity contribution in [2.45, 2.75) is 25.7 Å². The molecule has 0 amide bonds. The molecule has 0 radical (unpaired) electrons. The third kappa shape index (κ3) is 4.46. The van der Waals surface area contributed by atoms with Gasteiger partial charge in [0.1, 0.15) is 5.60 Å². The Kier molecular flexibility index (Phi) is 5.44. The third-order valence-corrected chi connectivity index (χ3v) is 4.19. The fourth-order valence-electron chi connectivity index (χ4n) is 1.97. The second kappa shape index (κ2) is 7.13. The van der Waals surface area contributed by atoms with Crippen molar-refractivity contribution in [3.05, 3.63) is 52.0 Å². The summed E-state index contributed by atoms with van der Waals surface area (Å²) >= 11 is 1.45. The molecule has 7 heteroatoms. The molecule has 3 nitrogen and oxygen atoms in total. The average molecular weight is 331 g/mol. The van der Waals surface area contributed by atoms with Gasteiger partial charge in [0.05, 0.1) is 0 Å². The van der Waals surface area contributed by atoms with Gasteiger partial charge in [-0.3, -0.25) is 0 Å². The summed E-state index contributed by atoms with van der Waals surface area (Å²) in [6.45, 7) is -0.788. The van der Waals surface area contributed by atoms with E-state index in [0.29, 0.717) is 12.1 Å². The molecule has 0 aliphatic rings. The Morgan fingerprint density at radius 3 is 2.73 bits per heavy atom. The number of hydrogen-bond acceptors (Lipinski definition) is 4. The summed E-state index contributed by atoms with van der Waals surface area (Å²) in [5.74, 6) is -1.33. The second-order valence-electron chi connectivity index (χ2n) is 5.00. The molecule has 0 bridgehead atoms. The summed E-state index contributed by atoms with van der Waals surface area (Å²) in [4.78, 5) is 0.826. The molecule has 0 aliphatic carbocycles. The van der Waals surface area contributed by atoms with Crippen LogP contribution in [0.2, 0.25) is 0 Å². The molecule has 1 aromatic carbocycles. The van der Waals surface area contributed by atoms with Crippen LogP contribution in [0.25, 0.3) is 0 Å². The van der Waals surface area contributed by atoms with E-state index in [9.17, 15) is 18.3 Å². The van der Waals surface area contributed by atoms with E-state index in [1.807, 2.05) is 17.5 Å².